The average Bonchev–Trinajstić information content (AvgIpc) is 2.88. The zero-order valence-corrected chi connectivity index (χ0v) is 10.4. The van der Waals surface area contributed by atoms with E-state index in [9.17, 15) is 10.1 Å². The van der Waals surface area contributed by atoms with Crippen molar-refractivity contribution in [2.45, 2.75) is 0 Å². The van der Waals surface area contributed by atoms with Crippen molar-refractivity contribution in [3.63, 3.8) is 0 Å². The van der Waals surface area contributed by atoms with Crippen LogP contribution in [0.5, 0.6) is 0 Å². The van der Waals surface area contributed by atoms with Gasteiger partial charge in [-0.05, 0) is 29.8 Å². The summed E-state index contributed by atoms with van der Waals surface area (Å²) < 4.78 is 0. The molecular weight excluding hydrogens is 256 g/mol. The van der Waals surface area contributed by atoms with Gasteiger partial charge in [-0.2, -0.15) is 0 Å². The van der Waals surface area contributed by atoms with Crippen molar-refractivity contribution in [1.82, 2.24) is 9.97 Å². The molecule has 0 saturated heterocycles. The van der Waals surface area contributed by atoms with Gasteiger partial charge >= 0.3 is 0 Å². The lowest BCUT2D eigenvalue weighted by Crippen LogP contribution is -1.88. The molecule has 0 unspecified atom stereocenters. The third-order valence-corrected chi connectivity index (χ3v) is 2.82. The quantitative estimate of drug-likeness (QED) is 0.448. The highest BCUT2D eigenvalue weighted by Crippen LogP contribution is 2.16. The number of hydrogen-bond donors (Lipinski definition) is 1. The van der Waals surface area contributed by atoms with Gasteiger partial charge in [0.2, 0.25) is 5.95 Å². The molecule has 1 aromatic heterocycles. The Kier molecular flexibility index (Phi) is 2.96. The molecule has 6 nitrogen and oxygen atoms in total. The number of nitrogens with one attached hydrogen (secondary N) is 1. The van der Waals surface area contributed by atoms with Gasteiger partial charge in [0.1, 0.15) is 0 Å². The first-order chi connectivity index (χ1) is 9.72. The summed E-state index contributed by atoms with van der Waals surface area (Å²) in [6.07, 6.45) is 1.61. The molecule has 3 aromatic rings. The van der Waals surface area contributed by atoms with E-state index >= 15 is 0 Å². The summed E-state index contributed by atoms with van der Waals surface area (Å²) in [5, 5.41) is 10.5. The summed E-state index contributed by atoms with van der Waals surface area (Å²) in [5.74, 6) is 0.504. The van der Waals surface area contributed by atoms with Gasteiger partial charge in [-0.1, -0.05) is 12.1 Å². The summed E-state index contributed by atoms with van der Waals surface area (Å²) in [4.78, 5) is 21.7. The van der Waals surface area contributed by atoms with Gasteiger partial charge in [-0.25, -0.2) is 9.98 Å². The fourth-order valence-electron chi connectivity index (χ4n) is 1.82. The van der Waals surface area contributed by atoms with E-state index < -0.39 is 4.92 Å². The van der Waals surface area contributed by atoms with Crippen molar-refractivity contribution in [2.24, 2.45) is 4.99 Å². The Hall–Kier alpha value is -3.02. The lowest BCUT2D eigenvalue weighted by atomic mass is 10.2. The lowest BCUT2D eigenvalue weighted by Gasteiger charge is -1.92. The van der Waals surface area contributed by atoms with E-state index in [1.54, 1.807) is 18.3 Å². The fraction of sp³-hybridized carbons (Fsp3) is 0. The molecule has 0 aliphatic rings. The number of H-pyrrole nitrogens is 1. The Morgan fingerprint density at radius 3 is 2.60 bits per heavy atom. The number of non-ortho nitro benzene ring substituents is 1. The van der Waals surface area contributed by atoms with Crippen LogP contribution in [0.1, 0.15) is 5.56 Å². The summed E-state index contributed by atoms with van der Waals surface area (Å²) in [5.41, 5.74) is 2.61. The Bertz CT molecular complexity index is 757. The van der Waals surface area contributed by atoms with Crippen molar-refractivity contribution in [2.75, 3.05) is 0 Å². The van der Waals surface area contributed by atoms with Gasteiger partial charge in [0.05, 0.1) is 16.0 Å². The van der Waals surface area contributed by atoms with Gasteiger partial charge in [-0.3, -0.25) is 10.1 Å². The number of imidazole rings is 1. The number of aliphatic imine (C=N–C) groups is 1. The molecule has 0 bridgehead atoms. The first-order valence-electron chi connectivity index (χ1n) is 5.96. The Morgan fingerprint density at radius 2 is 1.90 bits per heavy atom. The maximum absolute atomic E-state index is 10.5. The van der Waals surface area contributed by atoms with E-state index in [-0.39, 0.29) is 5.69 Å². The van der Waals surface area contributed by atoms with Crippen LogP contribution < -0.4 is 0 Å². The predicted molar refractivity (Wildman–Crippen MR) is 76.4 cm³/mol. The zero-order chi connectivity index (χ0) is 13.9. The number of hydrogen-bond acceptors (Lipinski definition) is 4. The van der Waals surface area contributed by atoms with Gasteiger partial charge in [0.25, 0.3) is 5.69 Å². The highest BCUT2D eigenvalue weighted by molar-refractivity contribution is 5.83. The van der Waals surface area contributed by atoms with Crippen LogP contribution in [0.25, 0.3) is 11.0 Å². The second-order valence-corrected chi connectivity index (χ2v) is 4.18. The molecule has 0 atom stereocenters. The molecule has 3 rings (SSSR count). The standard InChI is InChI=1S/C14H10N4O2/c19-18(20)11-7-5-10(6-8-11)9-15-14-16-12-3-1-2-4-13(12)17-14/h1-9H,(H,16,17)/b15-9+. The van der Waals surface area contributed by atoms with E-state index in [0.29, 0.717) is 5.95 Å². The van der Waals surface area contributed by atoms with Crippen molar-refractivity contribution in [1.29, 1.82) is 0 Å². The van der Waals surface area contributed by atoms with Crippen LogP contribution in [0.4, 0.5) is 11.6 Å². The summed E-state index contributed by atoms with van der Waals surface area (Å²) in [7, 11) is 0. The van der Waals surface area contributed by atoms with E-state index in [2.05, 4.69) is 15.0 Å². The van der Waals surface area contributed by atoms with Crippen molar-refractivity contribution in [3.05, 3.63) is 64.2 Å². The predicted octanol–water partition coefficient (Wildman–Crippen LogP) is 3.22. The van der Waals surface area contributed by atoms with Crippen LogP contribution in [-0.2, 0) is 0 Å². The number of benzene rings is 2. The highest BCUT2D eigenvalue weighted by atomic mass is 16.6. The van der Waals surface area contributed by atoms with Gasteiger partial charge in [0, 0.05) is 18.3 Å². The number of aromatic nitrogens is 2. The van der Waals surface area contributed by atoms with E-state index in [0.717, 1.165) is 16.6 Å². The first kappa shape index (κ1) is 12.0. The summed E-state index contributed by atoms with van der Waals surface area (Å²) in [6.45, 7) is 0. The molecule has 20 heavy (non-hydrogen) atoms. The van der Waals surface area contributed by atoms with E-state index in [4.69, 9.17) is 0 Å². The van der Waals surface area contributed by atoms with Crippen molar-refractivity contribution in [3.8, 4) is 0 Å². The van der Waals surface area contributed by atoms with Crippen LogP contribution in [0.15, 0.2) is 53.5 Å². The molecule has 98 valence electrons. The molecule has 0 spiro atoms. The monoisotopic (exact) mass is 266 g/mol. The van der Waals surface area contributed by atoms with E-state index in [1.165, 1.54) is 12.1 Å². The van der Waals surface area contributed by atoms with Gasteiger partial charge in [-0.15, -0.1) is 0 Å². The van der Waals surface area contributed by atoms with Gasteiger partial charge in [0.15, 0.2) is 0 Å². The SMILES string of the molecule is O=[N+]([O-])c1ccc(/C=N/c2nc3ccccc3[nH]2)cc1. The smallest absolute Gasteiger partial charge is 0.269 e. The second-order valence-electron chi connectivity index (χ2n) is 4.18. The lowest BCUT2D eigenvalue weighted by molar-refractivity contribution is -0.384. The number of rotatable bonds is 3. The Labute approximate surface area is 114 Å². The van der Waals surface area contributed by atoms with Crippen LogP contribution in [0.2, 0.25) is 0 Å². The maximum Gasteiger partial charge on any atom is 0.269 e. The molecule has 1 N–H and O–H groups in total. The minimum Gasteiger partial charge on any atom is -0.322 e. The number of para-hydroxylation sites is 2. The molecule has 0 amide bonds. The molecule has 0 radical (unpaired) electrons. The van der Waals surface area contributed by atoms with Crippen molar-refractivity contribution >= 4 is 28.9 Å². The second kappa shape index (κ2) is 4.93. The Morgan fingerprint density at radius 1 is 1.15 bits per heavy atom. The highest BCUT2D eigenvalue weighted by Gasteiger charge is 2.03. The fourth-order valence-corrected chi connectivity index (χ4v) is 1.82. The topological polar surface area (TPSA) is 84.2 Å². The van der Waals surface area contributed by atoms with Crippen LogP contribution in [0.3, 0.4) is 0 Å². The van der Waals surface area contributed by atoms with Gasteiger partial charge < -0.3 is 4.98 Å². The van der Waals surface area contributed by atoms with Crippen molar-refractivity contribution < 1.29 is 4.92 Å². The number of nitro groups is 1. The molecule has 0 saturated carbocycles. The third-order valence-electron chi connectivity index (χ3n) is 2.82. The molecule has 0 aliphatic heterocycles. The number of fused-ring (bicyclic) bond motifs is 1. The minimum atomic E-state index is -0.430. The van der Waals surface area contributed by atoms with Crippen LogP contribution in [-0.4, -0.2) is 21.1 Å². The number of nitrogens with zero attached hydrogens (tertiary/aromatic N) is 3. The molecule has 6 heteroatoms. The van der Waals surface area contributed by atoms with Crippen LogP contribution in [0, 0.1) is 10.1 Å². The zero-order valence-electron chi connectivity index (χ0n) is 10.4. The average molecular weight is 266 g/mol. The number of nitro benzene ring substituents is 1. The normalized spacial score (nSPS) is 11.2. The Balaban J connectivity index is 1.84. The molecular formula is C14H10N4O2. The largest absolute Gasteiger partial charge is 0.322 e. The molecule has 2 aromatic carbocycles. The molecule has 0 fully saturated rings. The van der Waals surface area contributed by atoms with E-state index in [1.807, 2.05) is 24.3 Å². The number of aromatic amines is 1. The minimum absolute atomic E-state index is 0.0610. The summed E-state index contributed by atoms with van der Waals surface area (Å²) >= 11 is 0. The first-order valence-corrected chi connectivity index (χ1v) is 5.96. The molecule has 0 aliphatic carbocycles. The summed E-state index contributed by atoms with van der Waals surface area (Å²) in [6, 6.07) is 13.8. The molecule has 1 heterocycles. The third kappa shape index (κ3) is 2.39. The maximum atomic E-state index is 10.5. The van der Waals surface area contributed by atoms with Crippen LogP contribution >= 0.6 is 0 Å².